The third-order valence-electron chi connectivity index (χ3n) is 2.31. The predicted molar refractivity (Wildman–Crippen MR) is 83.5 cm³/mol. The van der Waals surface area contributed by atoms with Crippen molar-refractivity contribution in [1.82, 2.24) is 0 Å². The van der Waals surface area contributed by atoms with Crippen molar-refractivity contribution in [3.63, 3.8) is 0 Å². The van der Waals surface area contributed by atoms with Gasteiger partial charge in [0.1, 0.15) is 0 Å². The lowest BCUT2D eigenvalue weighted by molar-refractivity contribution is 0.277. The van der Waals surface area contributed by atoms with Crippen molar-refractivity contribution in [3.05, 3.63) is 48.0 Å². The topological polar surface area (TPSA) is 52.6 Å². The quantitative estimate of drug-likeness (QED) is 0.759. The zero-order chi connectivity index (χ0) is 15.6. The maximum atomic E-state index is 9.78. The van der Waals surface area contributed by atoms with Gasteiger partial charge < -0.3 is 4.74 Å². The largest absolute Gasteiger partial charge is 0.388 e. The van der Waals surface area contributed by atoms with Gasteiger partial charge >= 0.3 is 0 Å². The highest BCUT2D eigenvalue weighted by atomic mass is 32.2. The lowest BCUT2D eigenvalue weighted by atomic mass is 10.1. The summed E-state index contributed by atoms with van der Waals surface area (Å²) in [6, 6.07) is 14.8. The number of rotatable bonds is 1. The number of hydrogen-bond donors (Lipinski definition) is 0. The van der Waals surface area contributed by atoms with E-state index >= 15 is 0 Å². The minimum absolute atomic E-state index is 0.993. The van der Waals surface area contributed by atoms with Crippen LogP contribution in [0.3, 0.4) is 0 Å². The fourth-order valence-electron chi connectivity index (χ4n) is 1.39. The van der Waals surface area contributed by atoms with Crippen molar-refractivity contribution in [2.24, 2.45) is 0 Å². The fourth-order valence-corrected chi connectivity index (χ4v) is 1.39. The van der Waals surface area contributed by atoms with Crippen LogP contribution in [0.2, 0.25) is 0 Å². The van der Waals surface area contributed by atoms with Gasteiger partial charge in [-0.1, -0.05) is 42.5 Å². The second kappa shape index (κ2) is 9.47. The summed E-state index contributed by atoms with van der Waals surface area (Å²) in [5, 5.41) is 2.68. The summed E-state index contributed by atoms with van der Waals surface area (Å²) in [5.74, 6) is 0. The van der Waals surface area contributed by atoms with Crippen LogP contribution in [0.1, 0.15) is 5.56 Å². The number of benzene rings is 2. The lowest BCUT2D eigenvalue weighted by Crippen LogP contribution is -1.95. The van der Waals surface area contributed by atoms with Crippen LogP contribution in [0, 0.1) is 6.92 Å². The van der Waals surface area contributed by atoms with Crippen LogP contribution in [0.5, 0.6) is 0 Å². The van der Waals surface area contributed by atoms with Gasteiger partial charge in [-0.3, -0.25) is 4.18 Å². The van der Waals surface area contributed by atoms with E-state index in [1.54, 1.807) is 14.2 Å². The Morgan fingerprint density at radius 3 is 1.80 bits per heavy atom. The Morgan fingerprint density at radius 2 is 1.35 bits per heavy atom. The maximum Gasteiger partial charge on any atom is 0.264 e. The number of hydrogen-bond acceptors (Lipinski definition) is 4. The molecule has 0 N–H and O–H groups in total. The predicted octanol–water partition coefficient (Wildman–Crippen LogP) is 3.00. The molecule has 2 rings (SSSR count). The molecule has 0 saturated heterocycles. The van der Waals surface area contributed by atoms with E-state index in [2.05, 4.69) is 58.3 Å². The Balaban J connectivity index is 0.000000344. The minimum atomic E-state index is -3.16. The van der Waals surface area contributed by atoms with Crippen molar-refractivity contribution in [3.8, 4) is 0 Å². The van der Waals surface area contributed by atoms with Gasteiger partial charge in [-0.05, 0) is 23.3 Å². The third-order valence-corrected chi connectivity index (χ3v) is 2.92. The maximum absolute atomic E-state index is 9.78. The molecule has 0 saturated carbocycles. The smallest absolute Gasteiger partial charge is 0.264 e. The molecule has 0 fully saturated rings. The van der Waals surface area contributed by atoms with Gasteiger partial charge in [0, 0.05) is 14.2 Å². The Bertz CT molecular complexity index is 601. The van der Waals surface area contributed by atoms with Crippen molar-refractivity contribution in [2.75, 3.05) is 27.6 Å². The summed E-state index contributed by atoms with van der Waals surface area (Å²) >= 11 is 0. The first-order valence-corrected chi connectivity index (χ1v) is 7.77. The van der Waals surface area contributed by atoms with Crippen LogP contribution < -0.4 is 0 Å². The molecule has 0 aliphatic heterocycles. The summed E-state index contributed by atoms with van der Waals surface area (Å²) in [5.41, 5.74) is 1.35. The van der Waals surface area contributed by atoms with Crippen LogP contribution in [-0.4, -0.2) is 36.0 Å². The Morgan fingerprint density at radius 1 is 0.900 bits per heavy atom. The van der Waals surface area contributed by atoms with Crippen LogP contribution in [0.4, 0.5) is 0 Å². The van der Waals surface area contributed by atoms with E-state index in [-0.39, 0.29) is 0 Å². The van der Waals surface area contributed by atoms with Crippen LogP contribution in [0.25, 0.3) is 10.8 Å². The number of fused-ring (bicyclic) bond motifs is 1. The molecular weight excluding hydrogens is 276 g/mol. The summed E-state index contributed by atoms with van der Waals surface area (Å²) in [4.78, 5) is 0. The van der Waals surface area contributed by atoms with E-state index in [0.717, 1.165) is 13.4 Å². The zero-order valence-electron chi connectivity index (χ0n) is 12.6. The van der Waals surface area contributed by atoms with E-state index in [0.29, 0.717) is 0 Å². The van der Waals surface area contributed by atoms with Crippen LogP contribution in [0.15, 0.2) is 42.5 Å². The fraction of sp³-hybridized carbons (Fsp3) is 0.333. The average molecular weight is 298 g/mol. The molecule has 0 amide bonds. The zero-order valence-corrected chi connectivity index (χ0v) is 13.4. The number of aryl methyl sites for hydroxylation is 1. The highest BCUT2D eigenvalue weighted by molar-refractivity contribution is 7.85. The van der Waals surface area contributed by atoms with Gasteiger partial charge in [-0.2, -0.15) is 8.42 Å². The highest BCUT2D eigenvalue weighted by Crippen LogP contribution is 2.16. The molecule has 0 heterocycles. The summed E-state index contributed by atoms with van der Waals surface area (Å²) in [6.45, 7) is 2.14. The molecule has 0 bridgehead atoms. The Hall–Kier alpha value is -1.43. The second-order valence-corrected chi connectivity index (χ2v) is 5.82. The molecule has 0 atom stereocenters. The highest BCUT2D eigenvalue weighted by Gasteiger charge is 1.92. The van der Waals surface area contributed by atoms with Crippen molar-refractivity contribution in [2.45, 2.75) is 6.92 Å². The van der Waals surface area contributed by atoms with Crippen LogP contribution >= 0.6 is 0 Å². The molecule has 20 heavy (non-hydrogen) atoms. The molecule has 0 radical (unpaired) electrons. The van der Waals surface area contributed by atoms with E-state index in [9.17, 15) is 8.42 Å². The molecule has 2 aromatic carbocycles. The first-order chi connectivity index (χ1) is 9.35. The van der Waals surface area contributed by atoms with Gasteiger partial charge in [0.15, 0.2) is 0 Å². The number of ether oxygens (including phenoxy) is 1. The molecule has 112 valence electrons. The molecule has 5 heteroatoms. The van der Waals surface area contributed by atoms with Crippen LogP contribution in [-0.2, 0) is 19.0 Å². The molecule has 0 aliphatic rings. The van der Waals surface area contributed by atoms with Gasteiger partial charge in [0.2, 0.25) is 0 Å². The standard InChI is InChI=1S/C11H10.C2H6O3S.C2H6O/c1-9-5-4-7-10-6-2-3-8-11(9)10;1-5-6(2,3)4;1-3-2/h2-8H,1H3;1-2H3;1-2H3. The molecular formula is C15H22O4S. The van der Waals surface area contributed by atoms with E-state index in [1.165, 1.54) is 16.3 Å². The van der Waals surface area contributed by atoms with E-state index in [4.69, 9.17) is 0 Å². The molecule has 0 aromatic heterocycles. The molecule has 0 unspecified atom stereocenters. The summed E-state index contributed by atoms with van der Waals surface area (Å²) in [6.07, 6.45) is 0.993. The molecule has 2 aromatic rings. The van der Waals surface area contributed by atoms with Crippen molar-refractivity contribution in [1.29, 1.82) is 0 Å². The molecule has 4 nitrogen and oxygen atoms in total. The first kappa shape index (κ1) is 18.6. The normalized spacial score (nSPS) is 10.1. The van der Waals surface area contributed by atoms with Gasteiger partial charge in [0.05, 0.1) is 13.4 Å². The Kier molecular flexibility index (Phi) is 8.79. The van der Waals surface area contributed by atoms with Gasteiger partial charge in [-0.25, -0.2) is 0 Å². The third kappa shape index (κ3) is 7.89. The molecule has 0 aliphatic carbocycles. The summed E-state index contributed by atoms with van der Waals surface area (Å²) < 4.78 is 27.7. The van der Waals surface area contributed by atoms with Crippen molar-refractivity contribution < 1.29 is 17.3 Å². The monoisotopic (exact) mass is 298 g/mol. The minimum Gasteiger partial charge on any atom is -0.388 e. The number of methoxy groups -OCH3 is 1. The first-order valence-electron chi connectivity index (χ1n) is 5.95. The van der Waals surface area contributed by atoms with E-state index < -0.39 is 10.1 Å². The SMILES string of the molecule is COC.COS(C)(=O)=O.Cc1cccc2ccccc12. The Labute approximate surface area is 121 Å². The summed E-state index contributed by atoms with van der Waals surface area (Å²) in [7, 11) is 1.21. The van der Waals surface area contributed by atoms with E-state index in [1.807, 2.05) is 0 Å². The van der Waals surface area contributed by atoms with Gasteiger partial charge in [-0.15, -0.1) is 0 Å². The van der Waals surface area contributed by atoms with Crippen molar-refractivity contribution >= 4 is 20.9 Å². The second-order valence-electron chi connectivity index (χ2n) is 4.08. The molecule has 0 spiro atoms. The average Bonchev–Trinajstić information content (AvgIpc) is 2.40. The lowest BCUT2D eigenvalue weighted by Gasteiger charge is -1.98. The van der Waals surface area contributed by atoms with Gasteiger partial charge in [0.25, 0.3) is 10.1 Å².